The molecule has 0 aromatic heterocycles. The van der Waals surface area contributed by atoms with Gasteiger partial charge in [-0.15, -0.1) is 0 Å². The standard InChI is InChI=1S/C6H11O2/c1-4(2)5(3)6(7)8/h4-5H,1H2,2-3H3,(H,7,8). The van der Waals surface area contributed by atoms with Crippen LogP contribution in [0, 0.1) is 18.8 Å². The Kier molecular flexibility index (Phi) is 2.52. The van der Waals surface area contributed by atoms with Crippen molar-refractivity contribution in [1.29, 1.82) is 0 Å². The number of aliphatic carboxylic acids is 1. The van der Waals surface area contributed by atoms with Gasteiger partial charge in [0.2, 0.25) is 0 Å². The van der Waals surface area contributed by atoms with Crippen molar-refractivity contribution >= 4 is 5.97 Å². The Labute approximate surface area is 49.5 Å². The van der Waals surface area contributed by atoms with Crippen LogP contribution in [0.15, 0.2) is 0 Å². The minimum atomic E-state index is -0.771. The highest BCUT2D eigenvalue weighted by atomic mass is 16.4. The van der Waals surface area contributed by atoms with E-state index in [4.69, 9.17) is 5.11 Å². The quantitative estimate of drug-likeness (QED) is 0.586. The van der Waals surface area contributed by atoms with E-state index in [2.05, 4.69) is 6.92 Å². The lowest BCUT2D eigenvalue weighted by Crippen LogP contribution is -2.15. The lowest BCUT2D eigenvalue weighted by Gasteiger charge is -2.07. The van der Waals surface area contributed by atoms with Crippen LogP contribution >= 0.6 is 0 Å². The zero-order valence-electron chi connectivity index (χ0n) is 5.22. The molecular weight excluding hydrogens is 104 g/mol. The van der Waals surface area contributed by atoms with Gasteiger partial charge in [0, 0.05) is 0 Å². The molecule has 1 radical (unpaired) electrons. The van der Waals surface area contributed by atoms with E-state index in [0.717, 1.165) is 0 Å². The number of hydrogen-bond acceptors (Lipinski definition) is 1. The summed E-state index contributed by atoms with van der Waals surface area (Å²) in [5.41, 5.74) is 0. The Hall–Kier alpha value is -0.530. The fourth-order valence-corrected chi connectivity index (χ4v) is 0.243. The Morgan fingerprint density at radius 1 is 1.62 bits per heavy atom. The molecule has 0 spiro atoms. The zero-order valence-corrected chi connectivity index (χ0v) is 5.22. The summed E-state index contributed by atoms with van der Waals surface area (Å²) >= 11 is 0. The average molecular weight is 115 g/mol. The highest BCUT2D eigenvalue weighted by Gasteiger charge is 2.13. The molecule has 0 saturated carbocycles. The fraction of sp³-hybridized carbons (Fsp3) is 0.667. The molecule has 2 atom stereocenters. The summed E-state index contributed by atoms with van der Waals surface area (Å²) in [4.78, 5) is 10.1. The molecule has 0 aromatic carbocycles. The van der Waals surface area contributed by atoms with Crippen LogP contribution in [-0.2, 0) is 4.79 Å². The summed E-state index contributed by atoms with van der Waals surface area (Å²) in [5, 5.41) is 8.31. The van der Waals surface area contributed by atoms with Gasteiger partial charge in [0.15, 0.2) is 0 Å². The summed E-state index contributed by atoms with van der Waals surface area (Å²) in [6.45, 7) is 7.02. The molecular formula is C6H11O2. The molecule has 0 aliphatic carbocycles. The zero-order chi connectivity index (χ0) is 6.73. The second kappa shape index (κ2) is 2.70. The molecule has 2 nitrogen and oxygen atoms in total. The minimum absolute atomic E-state index is 0.00694. The number of carbonyl (C=O) groups is 1. The summed E-state index contributed by atoms with van der Waals surface area (Å²) in [6.07, 6.45) is 0. The van der Waals surface area contributed by atoms with Gasteiger partial charge >= 0.3 is 5.97 Å². The van der Waals surface area contributed by atoms with E-state index in [0.29, 0.717) is 0 Å². The number of carboxylic acids is 1. The molecule has 0 amide bonds. The maximum Gasteiger partial charge on any atom is 0.306 e. The Morgan fingerprint density at radius 3 is 2.00 bits per heavy atom. The van der Waals surface area contributed by atoms with E-state index in [1.54, 1.807) is 13.8 Å². The number of hydrogen-bond donors (Lipinski definition) is 1. The van der Waals surface area contributed by atoms with Gasteiger partial charge < -0.3 is 5.11 Å². The van der Waals surface area contributed by atoms with Crippen molar-refractivity contribution in [3.63, 3.8) is 0 Å². The van der Waals surface area contributed by atoms with Gasteiger partial charge in [0.05, 0.1) is 5.92 Å². The summed E-state index contributed by atoms with van der Waals surface area (Å²) in [5.74, 6) is -1.10. The lowest BCUT2D eigenvalue weighted by atomic mass is 9.99. The van der Waals surface area contributed by atoms with Crippen molar-refractivity contribution in [2.75, 3.05) is 0 Å². The lowest BCUT2D eigenvalue weighted by molar-refractivity contribution is -0.142. The molecule has 0 aliphatic rings. The third-order valence-electron chi connectivity index (χ3n) is 1.24. The molecule has 0 saturated heterocycles. The van der Waals surface area contributed by atoms with E-state index in [1.165, 1.54) is 0 Å². The molecule has 0 heterocycles. The van der Waals surface area contributed by atoms with E-state index in [1.807, 2.05) is 0 Å². The van der Waals surface area contributed by atoms with E-state index in [-0.39, 0.29) is 11.8 Å². The maximum atomic E-state index is 10.1. The molecule has 2 unspecified atom stereocenters. The van der Waals surface area contributed by atoms with Gasteiger partial charge in [-0.3, -0.25) is 4.79 Å². The Bertz CT molecular complexity index is 86.5. The van der Waals surface area contributed by atoms with E-state index in [9.17, 15) is 4.79 Å². The van der Waals surface area contributed by atoms with Crippen molar-refractivity contribution in [3.05, 3.63) is 6.92 Å². The largest absolute Gasteiger partial charge is 0.481 e. The molecule has 0 rings (SSSR count). The van der Waals surface area contributed by atoms with Crippen LogP contribution in [0.2, 0.25) is 0 Å². The molecule has 1 N–H and O–H groups in total. The number of carboxylic acid groups (broad SMARTS) is 1. The SMILES string of the molecule is [CH2]C(C)C(C)C(=O)O. The first-order valence-corrected chi connectivity index (χ1v) is 2.61. The maximum absolute atomic E-state index is 10.1. The van der Waals surface area contributed by atoms with Gasteiger partial charge in [-0.2, -0.15) is 0 Å². The molecule has 0 fully saturated rings. The van der Waals surface area contributed by atoms with Gasteiger partial charge in [0.25, 0.3) is 0 Å². The topological polar surface area (TPSA) is 37.3 Å². The predicted octanol–water partition coefficient (Wildman–Crippen LogP) is 1.18. The summed E-state index contributed by atoms with van der Waals surface area (Å²) in [7, 11) is 0. The van der Waals surface area contributed by atoms with Crippen LogP contribution in [0.3, 0.4) is 0 Å². The molecule has 0 bridgehead atoms. The van der Waals surface area contributed by atoms with E-state index >= 15 is 0 Å². The first kappa shape index (κ1) is 7.47. The van der Waals surface area contributed by atoms with Crippen LogP contribution in [0.5, 0.6) is 0 Å². The summed E-state index contributed by atoms with van der Waals surface area (Å²) in [6, 6.07) is 0. The van der Waals surface area contributed by atoms with Crippen LogP contribution < -0.4 is 0 Å². The van der Waals surface area contributed by atoms with Crippen LogP contribution in [-0.4, -0.2) is 11.1 Å². The van der Waals surface area contributed by atoms with Crippen LogP contribution in [0.4, 0.5) is 0 Å². The first-order chi connectivity index (χ1) is 3.55. The predicted molar refractivity (Wildman–Crippen MR) is 31.3 cm³/mol. The van der Waals surface area contributed by atoms with Gasteiger partial charge in [-0.25, -0.2) is 0 Å². The Morgan fingerprint density at radius 2 is 2.00 bits per heavy atom. The van der Waals surface area contributed by atoms with Crippen molar-refractivity contribution in [2.24, 2.45) is 11.8 Å². The van der Waals surface area contributed by atoms with E-state index < -0.39 is 5.97 Å². The normalized spacial score (nSPS) is 14.0. The minimum Gasteiger partial charge on any atom is -0.481 e. The highest BCUT2D eigenvalue weighted by Crippen LogP contribution is 2.07. The van der Waals surface area contributed by atoms with Gasteiger partial charge in [0.1, 0.15) is 0 Å². The van der Waals surface area contributed by atoms with Crippen molar-refractivity contribution < 1.29 is 9.90 Å². The Balaban J connectivity index is 3.64. The first-order valence-electron chi connectivity index (χ1n) is 2.61. The average Bonchev–Trinajstić information content (AvgIpc) is 1.64. The second-order valence-corrected chi connectivity index (χ2v) is 2.10. The highest BCUT2D eigenvalue weighted by molar-refractivity contribution is 5.69. The molecule has 2 heteroatoms. The third kappa shape index (κ3) is 1.96. The van der Waals surface area contributed by atoms with Crippen molar-refractivity contribution in [1.82, 2.24) is 0 Å². The summed E-state index contributed by atoms with van der Waals surface area (Å²) < 4.78 is 0. The second-order valence-electron chi connectivity index (χ2n) is 2.10. The molecule has 0 aliphatic heterocycles. The monoisotopic (exact) mass is 115 g/mol. The molecule has 47 valence electrons. The third-order valence-corrected chi connectivity index (χ3v) is 1.24. The molecule has 0 aromatic rings. The van der Waals surface area contributed by atoms with Crippen molar-refractivity contribution in [3.8, 4) is 0 Å². The van der Waals surface area contributed by atoms with Crippen LogP contribution in [0.1, 0.15) is 13.8 Å². The van der Waals surface area contributed by atoms with Crippen molar-refractivity contribution in [2.45, 2.75) is 13.8 Å². The smallest absolute Gasteiger partial charge is 0.306 e. The number of rotatable bonds is 2. The van der Waals surface area contributed by atoms with Crippen LogP contribution in [0.25, 0.3) is 0 Å². The van der Waals surface area contributed by atoms with Gasteiger partial charge in [-0.05, 0) is 12.8 Å². The van der Waals surface area contributed by atoms with Gasteiger partial charge in [-0.1, -0.05) is 13.8 Å². The molecule has 8 heavy (non-hydrogen) atoms. The fourth-order valence-electron chi connectivity index (χ4n) is 0.243.